The molecule has 1 aromatic rings. The van der Waals surface area contributed by atoms with Gasteiger partial charge in [-0.25, -0.2) is 10.8 Å². The van der Waals surface area contributed by atoms with Crippen molar-refractivity contribution in [3.05, 3.63) is 22.2 Å². The predicted molar refractivity (Wildman–Crippen MR) is 71.2 cm³/mol. The van der Waals surface area contributed by atoms with Crippen LogP contribution in [0.4, 0.5) is 17.3 Å². The molecule has 0 saturated heterocycles. The number of pyridine rings is 1. The number of nitrogens with two attached hydrogens (primary N) is 1. The summed E-state index contributed by atoms with van der Waals surface area (Å²) < 4.78 is 0. The molecule has 18 heavy (non-hydrogen) atoms. The van der Waals surface area contributed by atoms with Crippen LogP contribution in [0.1, 0.15) is 27.2 Å². The van der Waals surface area contributed by atoms with Crippen molar-refractivity contribution in [2.75, 3.05) is 10.7 Å². The lowest BCUT2D eigenvalue weighted by molar-refractivity contribution is -0.384. The second-order valence-corrected chi connectivity index (χ2v) is 4.32. The fraction of sp³-hybridized carbons (Fsp3) is 0.545. The van der Waals surface area contributed by atoms with Gasteiger partial charge in [-0.2, -0.15) is 0 Å². The number of aromatic nitrogens is 1. The Morgan fingerprint density at radius 1 is 1.44 bits per heavy atom. The largest absolute Gasteiger partial charge is 0.367 e. The van der Waals surface area contributed by atoms with E-state index in [9.17, 15) is 10.1 Å². The summed E-state index contributed by atoms with van der Waals surface area (Å²) in [5.41, 5.74) is 2.28. The van der Waals surface area contributed by atoms with Crippen molar-refractivity contribution in [1.29, 1.82) is 0 Å². The third-order valence-corrected chi connectivity index (χ3v) is 3.04. The Morgan fingerprint density at radius 2 is 2.06 bits per heavy atom. The Balaban J connectivity index is 2.94. The molecule has 0 amide bonds. The second kappa shape index (κ2) is 6.15. The second-order valence-electron chi connectivity index (χ2n) is 4.32. The molecule has 7 nitrogen and oxygen atoms in total. The van der Waals surface area contributed by atoms with Crippen LogP contribution in [0.5, 0.6) is 0 Å². The average Bonchev–Trinajstić information content (AvgIpc) is 2.36. The molecule has 0 radical (unpaired) electrons. The number of nitrogens with one attached hydrogen (secondary N) is 2. The van der Waals surface area contributed by atoms with Crippen LogP contribution in [0.2, 0.25) is 0 Å². The maximum Gasteiger partial charge on any atom is 0.276 e. The van der Waals surface area contributed by atoms with Crippen molar-refractivity contribution in [2.45, 2.75) is 33.2 Å². The molecule has 0 aliphatic carbocycles. The lowest BCUT2D eigenvalue weighted by Gasteiger charge is -2.20. The van der Waals surface area contributed by atoms with Gasteiger partial charge in [-0.05, 0) is 12.8 Å². The van der Waals surface area contributed by atoms with E-state index >= 15 is 0 Å². The van der Waals surface area contributed by atoms with Gasteiger partial charge in [0.25, 0.3) is 5.69 Å². The van der Waals surface area contributed by atoms with Gasteiger partial charge < -0.3 is 10.7 Å². The van der Waals surface area contributed by atoms with E-state index in [-0.39, 0.29) is 17.5 Å². The Labute approximate surface area is 106 Å². The Morgan fingerprint density at radius 3 is 2.56 bits per heavy atom. The average molecular weight is 253 g/mol. The van der Waals surface area contributed by atoms with Crippen LogP contribution in [-0.4, -0.2) is 15.9 Å². The highest BCUT2D eigenvalue weighted by Gasteiger charge is 2.14. The molecule has 0 aromatic carbocycles. The Bertz CT molecular complexity index is 424. The van der Waals surface area contributed by atoms with Crippen molar-refractivity contribution in [3.63, 3.8) is 0 Å². The predicted octanol–water partition coefficient (Wildman–Crippen LogP) is 2.12. The van der Waals surface area contributed by atoms with Crippen LogP contribution in [0, 0.1) is 16.0 Å². The van der Waals surface area contributed by atoms with E-state index in [1.807, 2.05) is 6.92 Å². The van der Waals surface area contributed by atoms with Gasteiger partial charge in [0, 0.05) is 6.04 Å². The summed E-state index contributed by atoms with van der Waals surface area (Å²) in [6, 6.07) is 2.87. The molecule has 1 aromatic heterocycles. The topological polar surface area (TPSA) is 106 Å². The van der Waals surface area contributed by atoms with Crippen molar-refractivity contribution in [1.82, 2.24) is 4.98 Å². The van der Waals surface area contributed by atoms with E-state index in [1.165, 1.54) is 12.1 Å². The molecule has 100 valence electrons. The zero-order valence-electron chi connectivity index (χ0n) is 10.8. The van der Waals surface area contributed by atoms with Gasteiger partial charge in [0.15, 0.2) is 0 Å². The van der Waals surface area contributed by atoms with Gasteiger partial charge in [0.1, 0.15) is 11.6 Å². The molecule has 0 spiro atoms. The van der Waals surface area contributed by atoms with Gasteiger partial charge in [-0.15, -0.1) is 0 Å². The van der Waals surface area contributed by atoms with E-state index in [0.717, 1.165) is 6.42 Å². The van der Waals surface area contributed by atoms with Crippen LogP contribution < -0.4 is 16.6 Å². The minimum atomic E-state index is -0.471. The molecule has 0 saturated carbocycles. The van der Waals surface area contributed by atoms with Crippen molar-refractivity contribution in [3.8, 4) is 0 Å². The highest BCUT2D eigenvalue weighted by atomic mass is 16.6. The fourth-order valence-corrected chi connectivity index (χ4v) is 1.50. The number of hydrogen-bond donors (Lipinski definition) is 3. The summed E-state index contributed by atoms with van der Waals surface area (Å²) in [5.74, 6) is 6.40. The monoisotopic (exact) mass is 253 g/mol. The first-order valence-corrected chi connectivity index (χ1v) is 5.87. The van der Waals surface area contributed by atoms with Crippen molar-refractivity contribution in [2.24, 2.45) is 11.8 Å². The van der Waals surface area contributed by atoms with E-state index in [0.29, 0.717) is 11.7 Å². The lowest BCUT2D eigenvalue weighted by atomic mass is 10.0. The van der Waals surface area contributed by atoms with E-state index in [2.05, 4.69) is 29.6 Å². The number of hydrogen-bond acceptors (Lipinski definition) is 6. The molecule has 1 rings (SSSR count). The molecule has 0 fully saturated rings. The van der Waals surface area contributed by atoms with E-state index in [1.54, 1.807) is 0 Å². The molecular formula is C11H19N5O2. The summed E-state index contributed by atoms with van der Waals surface area (Å²) in [6.45, 7) is 6.22. The molecule has 2 atom stereocenters. The Kier molecular flexibility index (Phi) is 4.85. The van der Waals surface area contributed by atoms with Gasteiger partial charge in [-0.1, -0.05) is 20.3 Å². The molecule has 7 heteroatoms. The number of nitro groups is 1. The van der Waals surface area contributed by atoms with E-state index < -0.39 is 4.92 Å². The quantitative estimate of drug-likeness (QED) is 0.407. The molecule has 0 bridgehead atoms. The number of anilines is 2. The summed E-state index contributed by atoms with van der Waals surface area (Å²) in [4.78, 5) is 14.4. The van der Waals surface area contributed by atoms with Gasteiger partial charge in [-0.3, -0.25) is 10.1 Å². The maximum atomic E-state index is 10.8. The number of hydrazine groups is 1. The fourth-order valence-electron chi connectivity index (χ4n) is 1.50. The normalized spacial score (nSPS) is 13.8. The van der Waals surface area contributed by atoms with Crippen LogP contribution >= 0.6 is 0 Å². The standard InChI is InChI=1S/C11H19N5O2/c1-4-7(2)8(3)13-10-5-9(16(17)18)6-11(14-10)15-12/h5-8H,4,12H2,1-3H3,(H2,13,14,15). The zero-order chi connectivity index (χ0) is 13.7. The Hall–Kier alpha value is -1.89. The van der Waals surface area contributed by atoms with Crippen LogP contribution in [0.25, 0.3) is 0 Å². The molecule has 1 heterocycles. The summed E-state index contributed by atoms with van der Waals surface area (Å²) in [5, 5.41) is 13.9. The lowest BCUT2D eigenvalue weighted by Crippen LogP contribution is -2.24. The molecular weight excluding hydrogens is 234 g/mol. The summed E-state index contributed by atoms with van der Waals surface area (Å²) in [6.07, 6.45) is 1.02. The van der Waals surface area contributed by atoms with E-state index in [4.69, 9.17) is 5.84 Å². The van der Waals surface area contributed by atoms with Crippen LogP contribution in [-0.2, 0) is 0 Å². The zero-order valence-corrected chi connectivity index (χ0v) is 10.8. The number of rotatable bonds is 6. The van der Waals surface area contributed by atoms with Crippen molar-refractivity contribution < 1.29 is 4.92 Å². The maximum absolute atomic E-state index is 10.8. The third-order valence-electron chi connectivity index (χ3n) is 3.04. The summed E-state index contributed by atoms with van der Waals surface area (Å²) >= 11 is 0. The van der Waals surface area contributed by atoms with Gasteiger partial charge in [0.05, 0.1) is 17.1 Å². The van der Waals surface area contributed by atoms with Crippen molar-refractivity contribution >= 4 is 17.3 Å². The smallest absolute Gasteiger partial charge is 0.276 e. The molecule has 0 aliphatic heterocycles. The minimum Gasteiger partial charge on any atom is -0.367 e. The van der Waals surface area contributed by atoms with Crippen LogP contribution in [0.3, 0.4) is 0 Å². The first-order chi connectivity index (χ1) is 8.47. The van der Waals surface area contributed by atoms with Gasteiger partial charge >= 0.3 is 0 Å². The first-order valence-electron chi connectivity index (χ1n) is 5.87. The highest BCUT2D eigenvalue weighted by Crippen LogP contribution is 2.22. The molecule has 0 aliphatic rings. The third kappa shape index (κ3) is 3.56. The minimum absolute atomic E-state index is 0.0446. The highest BCUT2D eigenvalue weighted by molar-refractivity contribution is 5.54. The molecule has 4 N–H and O–H groups in total. The number of nitrogens with zero attached hydrogens (tertiary/aromatic N) is 2. The first kappa shape index (κ1) is 14.2. The summed E-state index contributed by atoms with van der Waals surface area (Å²) in [7, 11) is 0. The molecule has 2 unspecified atom stereocenters. The SMILES string of the molecule is CCC(C)C(C)Nc1cc([N+](=O)[O-])cc(NN)n1. The van der Waals surface area contributed by atoms with Gasteiger partial charge in [0.2, 0.25) is 0 Å². The number of nitrogen functional groups attached to an aromatic ring is 1. The van der Waals surface area contributed by atoms with Crippen LogP contribution in [0.15, 0.2) is 12.1 Å².